The second kappa shape index (κ2) is 6.24. The molecule has 0 aromatic heterocycles. The maximum absolute atomic E-state index is 12.7. The van der Waals surface area contributed by atoms with Gasteiger partial charge in [0.2, 0.25) is 0 Å². The van der Waals surface area contributed by atoms with Crippen LogP contribution in [0.2, 0.25) is 0 Å². The molecule has 5 heteroatoms. The monoisotopic (exact) mass is 296 g/mol. The van der Waals surface area contributed by atoms with Crippen LogP contribution in [-0.4, -0.2) is 53.1 Å². The molecule has 2 rings (SSSR count). The molecule has 21 heavy (non-hydrogen) atoms. The van der Waals surface area contributed by atoms with Gasteiger partial charge in [-0.2, -0.15) is 0 Å². The first-order chi connectivity index (χ1) is 9.88. The molecule has 2 aliphatic heterocycles. The Bertz CT molecular complexity index is 402. The highest BCUT2D eigenvalue weighted by molar-refractivity contribution is 5.80. The van der Waals surface area contributed by atoms with Crippen LogP contribution in [0.3, 0.4) is 0 Å². The van der Waals surface area contributed by atoms with Gasteiger partial charge in [0.15, 0.2) is 0 Å². The number of urea groups is 1. The summed E-state index contributed by atoms with van der Waals surface area (Å²) in [6.45, 7) is 8.90. The molecule has 0 radical (unpaired) electrons. The lowest BCUT2D eigenvalue weighted by atomic mass is 9.83. The standard InChI is InChI=1S/C16H28N2O3/c1-4-5-16(14(19)20)6-7-17(11-16)15(21)18-9-12(2)8-13(3)10-18/h12-13H,4-11H2,1-3H3,(H,19,20). The van der Waals surface area contributed by atoms with Crippen molar-refractivity contribution < 1.29 is 14.7 Å². The first-order valence-electron chi connectivity index (χ1n) is 8.15. The van der Waals surface area contributed by atoms with Crippen molar-refractivity contribution in [3.63, 3.8) is 0 Å². The third kappa shape index (κ3) is 3.33. The Morgan fingerprint density at radius 3 is 2.33 bits per heavy atom. The second-order valence-corrected chi connectivity index (χ2v) is 7.14. The molecule has 5 nitrogen and oxygen atoms in total. The Kier molecular flexibility index (Phi) is 4.79. The Balaban J connectivity index is 2.03. The third-order valence-electron chi connectivity index (χ3n) is 4.95. The molecule has 0 saturated carbocycles. The number of hydrogen-bond acceptors (Lipinski definition) is 2. The number of carbonyl (C=O) groups excluding carboxylic acids is 1. The van der Waals surface area contributed by atoms with Crippen molar-refractivity contribution >= 4 is 12.0 Å². The predicted molar refractivity (Wildman–Crippen MR) is 81.1 cm³/mol. The van der Waals surface area contributed by atoms with Gasteiger partial charge in [0.25, 0.3) is 0 Å². The van der Waals surface area contributed by atoms with Crippen molar-refractivity contribution in [2.45, 2.75) is 46.5 Å². The van der Waals surface area contributed by atoms with E-state index >= 15 is 0 Å². The summed E-state index contributed by atoms with van der Waals surface area (Å²) in [6, 6.07) is 0.0348. The zero-order chi connectivity index (χ0) is 15.6. The first kappa shape index (κ1) is 16.1. The number of aliphatic carboxylic acids is 1. The van der Waals surface area contributed by atoms with E-state index in [0.717, 1.165) is 19.5 Å². The summed E-state index contributed by atoms with van der Waals surface area (Å²) in [5.41, 5.74) is -0.725. The molecule has 0 spiro atoms. The average molecular weight is 296 g/mol. The Morgan fingerprint density at radius 2 is 1.81 bits per heavy atom. The lowest BCUT2D eigenvalue weighted by Crippen LogP contribution is -2.49. The summed E-state index contributed by atoms with van der Waals surface area (Å²) in [5, 5.41) is 9.54. The summed E-state index contributed by atoms with van der Waals surface area (Å²) in [5.74, 6) is 0.306. The van der Waals surface area contributed by atoms with Crippen molar-refractivity contribution in [1.29, 1.82) is 0 Å². The Hall–Kier alpha value is -1.26. The smallest absolute Gasteiger partial charge is 0.320 e. The van der Waals surface area contributed by atoms with Crippen LogP contribution in [0, 0.1) is 17.3 Å². The largest absolute Gasteiger partial charge is 0.481 e. The summed E-state index contributed by atoms with van der Waals surface area (Å²) in [6.07, 6.45) is 3.24. The number of nitrogens with zero attached hydrogens (tertiary/aromatic N) is 2. The van der Waals surface area contributed by atoms with E-state index < -0.39 is 11.4 Å². The van der Waals surface area contributed by atoms with Crippen molar-refractivity contribution in [3.05, 3.63) is 0 Å². The highest BCUT2D eigenvalue weighted by atomic mass is 16.4. The van der Waals surface area contributed by atoms with Gasteiger partial charge in [0, 0.05) is 26.2 Å². The summed E-state index contributed by atoms with van der Waals surface area (Å²) in [4.78, 5) is 28.0. The van der Waals surface area contributed by atoms with E-state index in [2.05, 4.69) is 13.8 Å². The number of likely N-dealkylation sites (tertiary alicyclic amines) is 2. The van der Waals surface area contributed by atoms with Crippen LogP contribution in [0.5, 0.6) is 0 Å². The molecule has 2 amide bonds. The fourth-order valence-electron chi connectivity index (χ4n) is 4.02. The Labute approximate surface area is 127 Å². The van der Waals surface area contributed by atoms with Crippen LogP contribution in [0.4, 0.5) is 4.79 Å². The van der Waals surface area contributed by atoms with Gasteiger partial charge in [0.05, 0.1) is 5.41 Å². The predicted octanol–water partition coefficient (Wildman–Crippen LogP) is 2.66. The van der Waals surface area contributed by atoms with E-state index in [1.165, 1.54) is 6.42 Å². The summed E-state index contributed by atoms with van der Waals surface area (Å²) in [7, 11) is 0. The molecular formula is C16H28N2O3. The third-order valence-corrected chi connectivity index (χ3v) is 4.95. The van der Waals surface area contributed by atoms with E-state index in [4.69, 9.17) is 0 Å². The first-order valence-corrected chi connectivity index (χ1v) is 8.15. The SMILES string of the molecule is CCCC1(C(=O)O)CCN(C(=O)N2CC(C)CC(C)C2)C1. The van der Waals surface area contributed by atoms with Crippen molar-refractivity contribution in [3.8, 4) is 0 Å². The van der Waals surface area contributed by atoms with Crippen molar-refractivity contribution in [2.75, 3.05) is 26.2 Å². The van der Waals surface area contributed by atoms with Crippen LogP contribution in [-0.2, 0) is 4.79 Å². The minimum atomic E-state index is -0.750. The van der Waals surface area contributed by atoms with Crippen LogP contribution in [0.25, 0.3) is 0 Å². The van der Waals surface area contributed by atoms with Gasteiger partial charge in [0.1, 0.15) is 0 Å². The van der Waals surface area contributed by atoms with Crippen LogP contribution < -0.4 is 0 Å². The fraction of sp³-hybridized carbons (Fsp3) is 0.875. The van der Waals surface area contributed by atoms with Crippen LogP contribution in [0.15, 0.2) is 0 Å². The maximum Gasteiger partial charge on any atom is 0.320 e. The molecule has 0 aromatic rings. The molecule has 3 unspecified atom stereocenters. The minimum Gasteiger partial charge on any atom is -0.481 e. The van der Waals surface area contributed by atoms with E-state index in [1.54, 1.807) is 4.90 Å². The maximum atomic E-state index is 12.7. The van der Waals surface area contributed by atoms with Crippen molar-refractivity contribution in [2.24, 2.45) is 17.3 Å². The number of carboxylic acid groups (broad SMARTS) is 1. The second-order valence-electron chi connectivity index (χ2n) is 7.14. The van der Waals surface area contributed by atoms with Gasteiger partial charge >= 0.3 is 12.0 Å². The quantitative estimate of drug-likeness (QED) is 0.871. The van der Waals surface area contributed by atoms with Crippen LogP contribution >= 0.6 is 0 Å². The normalized spacial score (nSPS) is 33.3. The van der Waals surface area contributed by atoms with E-state index in [1.807, 2.05) is 11.8 Å². The highest BCUT2D eigenvalue weighted by Gasteiger charge is 2.46. The molecule has 3 atom stereocenters. The molecule has 120 valence electrons. The van der Waals surface area contributed by atoms with Crippen molar-refractivity contribution in [1.82, 2.24) is 9.80 Å². The summed E-state index contributed by atoms with van der Waals surface area (Å²) >= 11 is 0. The number of rotatable bonds is 3. The number of piperidine rings is 1. The minimum absolute atomic E-state index is 0.0348. The van der Waals surface area contributed by atoms with Gasteiger partial charge in [-0.3, -0.25) is 4.79 Å². The number of amides is 2. The molecule has 0 bridgehead atoms. The van der Waals surface area contributed by atoms with E-state index in [9.17, 15) is 14.7 Å². The topological polar surface area (TPSA) is 60.9 Å². The summed E-state index contributed by atoms with van der Waals surface area (Å²) < 4.78 is 0. The molecule has 2 heterocycles. The fourth-order valence-corrected chi connectivity index (χ4v) is 4.02. The highest BCUT2D eigenvalue weighted by Crippen LogP contribution is 2.36. The number of carboxylic acids is 1. The molecule has 0 aliphatic carbocycles. The molecule has 0 aromatic carbocycles. The van der Waals surface area contributed by atoms with E-state index in [-0.39, 0.29) is 6.03 Å². The lowest BCUT2D eigenvalue weighted by molar-refractivity contribution is -0.148. The van der Waals surface area contributed by atoms with Gasteiger partial charge in [-0.1, -0.05) is 27.2 Å². The Morgan fingerprint density at radius 1 is 1.19 bits per heavy atom. The molecule has 2 saturated heterocycles. The molecule has 1 N–H and O–H groups in total. The van der Waals surface area contributed by atoms with Gasteiger partial charge in [-0.25, -0.2) is 4.79 Å². The van der Waals surface area contributed by atoms with E-state index in [0.29, 0.717) is 37.8 Å². The zero-order valence-corrected chi connectivity index (χ0v) is 13.5. The molecule has 2 aliphatic rings. The van der Waals surface area contributed by atoms with Gasteiger partial charge in [-0.15, -0.1) is 0 Å². The molecule has 2 fully saturated rings. The number of hydrogen-bond donors (Lipinski definition) is 1. The zero-order valence-electron chi connectivity index (χ0n) is 13.5. The van der Waals surface area contributed by atoms with Gasteiger partial charge < -0.3 is 14.9 Å². The number of carbonyl (C=O) groups is 2. The lowest BCUT2D eigenvalue weighted by Gasteiger charge is -2.37. The van der Waals surface area contributed by atoms with Gasteiger partial charge in [-0.05, 0) is 31.1 Å². The van der Waals surface area contributed by atoms with Crippen LogP contribution in [0.1, 0.15) is 46.5 Å². The molecular weight excluding hydrogens is 268 g/mol. The average Bonchev–Trinajstić information content (AvgIpc) is 2.83.